The van der Waals surface area contributed by atoms with Crippen LogP contribution < -0.4 is 5.73 Å². The lowest BCUT2D eigenvalue weighted by atomic mass is 10.2. The molecule has 8 nitrogen and oxygen atoms in total. The summed E-state index contributed by atoms with van der Waals surface area (Å²) in [6.45, 7) is 3.88. The summed E-state index contributed by atoms with van der Waals surface area (Å²) in [5.74, 6) is 0.858. The van der Waals surface area contributed by atoms with Crippen LogP contribution in [0.1, 0.15) is 28.0 Å². The number of thiophene rings is 1. The number of ether oxygens (including phenoxy) is 1. The number of fused-ring (bicyclic) bond motifs is 2. The van der Waals surface area contributed by atoms with Gasteiger partial charge >= 0.3 is 5.97 Å². The van der Waals surface area contributed by atoms with Crippen LogP contribution in [-0.2, 0) is 10.5 Å². The second-order valence-electron chi connectivity index (χ2n) is 5.95. The summed E-state index contributed by atoms with van der Waals surface area (Å²) >= 11 is 14.8. The number of hydrogen-bond donors (Lipinski definition) is 1. The van der Waals surface area contributed by atoms with E-state index in [9.17, 15) is 4.79 Å². The van der Waals surface area contributed by atoms with E-state index in [-0.39, 0.29) is 5.97 Å². The fourth-order valence-corrected chi connectivity index (χ4v) is 5.18. The van der Waals surface area contributed by atoms with Gasteiger partial charge in [0.1, 0.15) is 21.3 Å². The summed E-state index contributed by atoms with van der Waals surface area (Å²) in [5, 5.41) is 10.4. The molecule has 0 aliphatic heterocycles. The molecule has 4 heterocycles. The van der Waals surface area contributed by atoms with Crippen LogP contribution in [0.5, 0.6) is 0 Å². The van der Waals surface area contributed by atoms with Crippen molar-refractivity contribution in [3.8, 4) is 0 Å². The highest BCUT2D eigenvalue weighted by Gasteiger charge is 2.21. The Hall–Kier alpha value is -2.14. The Morgan fingerprint density at radius 1 is 1.34 bits per heavy atom. The van der Waals surface area contributed by atoms with Gasteiger partial charge in [0.15, 0.2) is 10.8 Å². The molecule has 0 radical (unpaired) electrons. The van der Waals surface area contributed by atoms with Crippen molar-refractivity contribution in [1.29, 1.82) is 0 Å². The molecule has 0 saturated carbocycles. The molecule has 0 bridgehead atoms. The van der Waals surface area contributed by atoms with E-state index in [2.05, 4.69) is 20.2 Å². The molecule has 0 aliphatic rings. The second kappa shape index (κ2) is 7.94. The van der Waals surface area contributed by atoms with Crippen molar-refractivity contribution in [2.45, 2.75) is 24.8 Å². The number of esters is 1. The zero-order valence-corrected chi connectivity index (χ0v) is 18.4. The second-order valence-corrected chi connectivity index (χ2v) is 8.74. The summed E-state index contributed by atoms with van der Waals surface area (Å²) in [6.07, 6.45) is 1.69. The number of hydrogen-bond acceptors (Lipinski definition) is 9. The van der Waals surface area contributed by atoms with Crippen LogP contribution in [0.25, 0.3) is 15.9 Å². The van der Waals surface area contributed by atoms with Gasteiger partial charge in [-0.15, -0.1) is 21.5 Å². The van der Waals surface area contributed by atoms with Gasteiger partial charge in [-0.3, -0.25) is 4.40 Å². The summed E-state index contributed by atoms with van der Waals surface area (Å²) in [4.78, 5) is 22.2. The van der Waals surface area contributed by atoms with E-state index in [1.807, 2.05) is 6.92 Å². The largest absolute Gasteiger partial charge is 0.462 e. The number of rotatable bonds is 5. The summed E-state index contributed by atoms with van der Waals surface area (Å²) < 4.78 is 6.82. The number of aromatic nitrogens is 5. The fourth-order valence-electron chi connectivity index (χ4n) is 2.80. The van der Waals surface area contributed by atoms with E-state index in [1.165, 1.54) is 23.1 Å². The first-order valence-corrected chi connectivity index (χ1v) is 11.0. The van der Waals surface area contributed by atoms with Gasteiger partial charge < -0.3 is 10.5 Å². The highest BCUT2D eigenvalue weighted by atomic mass is 35.5. The molecule has 4 aromatic rings. The van der Waals surface area contributed by atoms with E-state index >= 15 is 0 Å². The van der Waals surface area contributed by atoms with Crippen LogP contribution in [0.15, 0.2) is 17.4 Å². The normalized spacial score (nSPS) is 11.4. The van der Waals surface area contributed by atoms with Crippen LogP contribution >= 0.6 is 46.3 Å². The number of anilines is 1. The van der Waals surface area contributed by atoms with Crippen LogP contribution in [0.2, 0.25) is 10.0 Å². The number of pyridine rings is 1. The van der Waals surface area contributed by atoms with E-state index in [0.29, 0.717) is 59.9 Å². The Morgan fingerprint density at radius 3 is 2.90 bits per heavy atom. The molecule has 0 aromatic carbocycles. The maximum Gasteiger partial charge on any atom is 0.348 e. The Labute approximate surface area is 183 Å². The highest BCUT2D eigenvalue weighted by molar-refractivity contribution is 7.98. The number of nitrogens with two attached hydrogens (primary N) is 1. The van der Waals surface area contributed by atoms with Crippen molar-refractivity contribution < 1.29 is 9.53 Å². The van der Waals surface area contributed by atoms with E-state index in [4.69, 9.17) is 33.7 Å². The lowest BCUT2D eigenvalue weighted by molar-refractivity contribution is 0.0531. The lowest BCUT2D eigenvalue weighted by Crippen LogP contribution is -2.04. The predicted octanol–water partition coefficient (Wildman–Crippen LogP) is 4.40. The molecule has 0 amide bonds. The van der Waals surface area contributed by atoms with Gasteiger partial charge in [0.25, 0.3) is 0 Å². The summed E-state index contributed by atoms with van der Waals surface area (Å²) in [5.41, 5.74) is 7.40. The number of halogens is 2. The fraction of sp³-hybridized carbons (Fsp3) is 0.235. The van der Waals surface area contributed by atoms with Gasteiger partial charge in [-0.25, -0.2) is 14.8 Å². The number of nitrogen functional groups attached to an aromatic ring is 1. The third-order valence-corrected chi connectivity index (χ3v) is 6.64. The van der Waals surface area contributed by atoms with E-state index in [1.54, 1.807) is 23.6 Å². The Morgan fingerprint density at radius 2 is 2.14 bits per heavy atom. The Balaban J connectivity index is 1.65. The lowest BCUT2D eigenvalue weighted by Gasteiger charge is -2.04. The molecule has 12 heteroatoms. The molecule has 2 N–H and O–H groups in total. The van der Waals surface area contributed by atoms with Gasteiger partial charge in [0.05, 0.1) is 27.8 Å². The van der Waals surface area contributed by atoms with Crippen LogP contribution in [0.4, 0.5) is 5.82 Å². The molecule has 0 unspecified atom stereocenters. The average Bonchev–Trinajstić information content (AvgIpc) is 3.21. The summed E-state index contributed by atoms with van der Waals surface area (Å²) in [7, 11) is 0. The monoisotopic (exact) mass is 468 g/mol. The number of carbonyl (C=O) groups excluding carboxylic acids is 1. The van der Waals surface area contributed by atoms with Crippen molar-refractivity contribution in [1.82, 2.24) is 24.6 Å². The third-order valence-electron chi connectivity index (χ3n) is 4.05. The number of thioether (sulfide) groups is 1. The molecule has 4 aromatic heterocycles. The number of nitrogens with zero attached hydrogens (tertiary/aromatic N) is 5. The van der Waals surface area contributed by atoms with Crippen molar-refractivity contribution >= 4 is 74.0 Å². The predicted molar refractivity (Wildman–Crippen MR) is 115 cm³/mol. The minimum absolute atomic E-state index is 0.301. The SMILES string of the molecule is CCOC(=O)c1sc2nc(CSc3nnc4c(Cl)cc(Cl)cn34)nc(N)c2c1C. The van der Waals surface area contributed by atoms with Gasteiger partial charge in [-0.1, -0.05) is 35.0 Å². The zero-order valence-electron chi connectivity index (χ0n) is 15.3. The minimum Gasteiger partial charge on any atom is -0.462 e. The zero-order chi connectivity index (χ0) is 20.7. The Kier molecular flexibility index (Phi) is 5.52. The van der Waals surface area contributed by atoms with Gasteiger partial charge in [-0.05, 0) is 25.5 Å². The first-order valence-electron chi connectivity index (χ1n) is 8.44. The van der Waals surface area contributed by atoms with Gasteiger partial charge in [0, 0.05) is 6.20 Å². The van der Waals surface area contributed by atoms with Gasteiger partial charge in [0.2, 0.25) is 0 Å². The molecular formula is C17H14Cl2N6O2S2. The quantitative estimate of drug-likeness (QED) is 0.339. The van der Waals surface area contributed by atoms with Gasteiger partial charge in [-0.2, -0.15) is 0 Å². The average molecular weight is 469 g/mol. The third kappa shape index (κ3) is 3.73. The van der Waals surface area contributed by atoms with Crippen LogP contribution in [0.3, 0.4) is 0 Å². The van der Waals surface area contributed by atoms with Crippen molar-refractivity contribution in [3.05, 3.63) is 38.6 Å². The molecule has 4 rings (SSSR count). The smallest absolute Gasteiger partial charge is 0.348 e. The van der Waals surface area contributed by atoms with E-state index < -0.39 is 0 Å². The van der Waals surface area contributed by atoms with E-state index in [0.717, 1.165) is 5.56 Å². The minimum atomic E-state index is -0.382. The van der Waals surface area contributed by atoms with Crippen molar-refractivity contribution in [3.63, 3.8) is 0 Å². The first kappa shape index (κ1) is 20.1. The molecule has 0 saturated heterocycles. The molecule has 150 valence electrons. The van der Waals surface area contributed by atoms with Crippen LogP contribution in [-0.4, -0.2) is 37.1 Å². The maximum absolute atomic E-state index is 12.1. The number of aryl methyl sites for hydroxylation is 1. The molecule has 29 heavy (non-hydrogen) atoms. The van der Waals surface area contributed by atoms with Crippen LogP contribution in [0, 0.1) is 6.92 Å². The molecule has 0 spiro atoms. The standard InChI is InChI=1S/C17H14Cl2N6O2S2/c1-3-27-16(26)12-7(2)11-13(20)21-10(22-15(11)29-12)6-28-17-24-23-14-9(19)4-8(18)5-25(14)17/h4-5H,3,6H2,1-2H3,(H2,20,21,22). The molecule has 0 aliphatic carbocycles. The maximum atomic E-state index is 12.1. The number of carbonyl (C=O) groups is 1. The van der Waals surface area contributed by atoms with Crippen molar-refractivity contribution in [2.75, 3.05) is 12.3 Å². The molecular weight excluding hydrogens is 455 g/mol. The first-order chi connectivity index (χ1) is 13.9. The Bertz CT molecular complexity index is 1260. The summed E-state index contributed by atoms with van der Waals surface area (Å²) in [6, 6.07) is 1.61. The molecule has 0 fully saturated rings. The van der Waals surface area contributed by atoms with Crippen molar-refractivity contribution in [2.24, 2.45) is 0 Å². The highest BCUT2D eigenvalue weighted by Crippen LogP contribution is 2.34. The molecule has 0 atom stereocenters. The topological polar surface area (TPSA) is 108 Å².